The Morgan fingerprint density at radius 2 is 1.84 bits per heavy atom. The second kappa shape index (κ2) is 6.97. The van der Waals surface area contributed by atoms with Crippen LogP contribution in [0.2, 0.25) is 0 Å². The summed E-state index contributed by atoms with van der Waals surface area (Å²) in [5, 5.41) is 2.65. The fraction of sp³-hybridized carbons (Fsp3) is 0.0500. The molecule has 0 aliphatic carbocycles. The van der Waals surface area contributed by atoms with Gasteiger partial charge in [0.25, 0.3) is 0 Å². The molecule has 5 heteroatoms. The number of rotatable bonds is 0. The molecule has 122 valence electrons. The van der Waals surface area contributed by atoms with Gasteiger partial charge in [0.15, 0.2) is 5.82 Å². The average molecular weight is 329 g/mol. The minimum atomic E-state index is 0.449. The monoisotopic (exact) mass is 329 g/mol. The summed E-state index contributed by atoms with van der Waals surface area (Å²) < 4.78 is 11.1. The molecule has 25 heavy (non-hydrogen) atoms. The Kier molecular flexibility index (Phi) is 4.20. The van der Waals surface area contributed by atoms with E-state index in [1.165, 1.54) is 6.33 Å². The normalized spacial score (nSPS) is 18.9. The molecule has 1 aromatic heterocycles. The fourth-order valence-corrected chi connectivity index (χ4v) is 2.52. The molecule has 0 amide bonds. The smallest absolute Gasteiger partial charge is 0.163 e. The molecule has 3 aromatic rings. The van der Waals surface area contributed by atoms with Gasteiger partial charge in [-0.15, -0.1) is 0 Å². The van der Waals surface area contributed by atoms with Crippen LogP contribution in [0.3, 0.4) is 0 Å². The van der Waals surface area contributed by atoms with Gasteiger partial charge in [0.2, 0.25) is 0 Å². The Bertz CT molecular complexity index is 1090. The Hall–Kier alpha value is -3.47. The van der Waals surface area contributed by atoms with Crippen molar-refractivity contribution >= 4 is 22.8 Å². The molecule has 2 bridgehead atoms. The lowest BCUT2D eigenvalue weighted by Gasteiger charge is -2.04. The molecule has 2 aromatic carbocycles. The number of hydrogen-bond acceptors (Lipinski definition) is 5. The summed E-state index contributed by atoms with van der Waals surface area (Å²) in [7, 11) is 0. The van der Waals surface area contributed by atoms with Gasteiger partial charge < -0.3 is 9.47 Å². The third-order valence-electron chi connectivity index (χ3n) is 3.72. The Morgan fingerprint density at radius 3 is 2.84 bits per heavy atom. The molecular formula is C20H15N3O2. The number of nitrogens with zero attached hydrogens (tertiary/aromatic N) is 3. The van der Waals surface area contributed by atoms with E-state index in [-0.39, 0.29) is 0 Å². The lowest BCUT2D eigenvalue weighted by Crippen LogP contribution is -2.24. The number of ether oxygens (including phenoxy) is 2. The van der Waals surface area contributed by atoms with Crippen LogP contribution in [0.4, 0.5) is 5.82 Å². The first-order valence-electron chi connectivity index (χ1n) is 7.89. The van der Waals surface area contributed by atoms with Crippen molar-refractivity contribution in [2.45, 2.75) is 0 Å². The van der Waals surface area contributed by atoms with Crippen LogP contribution in [-0.4, -0.2) is 16.6 Å². The number of fused-ring (bicyclic) bond motifs is 2. The van der Waals surface area contributed by atoms with Gasteiger partial charge in [-0.2, -0.15) is 0 Å². The van der Waals surface area contributed by atoms with Crippen molar-refractivity contribution in [2.75, 3.05) is 6.61 Å². The Labute approximate surface area is 144 Å². The third kappa shape index (κ3) is 3.40. The van der Waals surface area contributed by atoms with Gasteiger partial charge in [-0.25, -0.2) is 15.0 Å². The van der Waals surface area contributed by atoms with Crippen LogP contribution in [0.1, 0.15) is 0 Å². The molecule has 0 fully saturated rings. The SMILES string of the molecule is C1=C\OC/C=c2/cccc/c2=N/c2ncnc3ccc(cc23)O\C=C/1. The zero-order valence-corrected chi connectivity index (χ0v) is 13.4. The van der Waals surface area contributed by atoms with Crippen LogP contribution in [-0.2, 0) is 4.74 Å². The fourth-order valence-electron chi connectivity index (χ4n) is 2.52. The number of para-hydroxylation sites is 1. The first-order chi connectivity index (χ1) is 12.4. The Morgan fingerprint density at radius 1 is 0.920 bits per heavy atom. The van der Waals surface area contributed by atoms with Crippen LogP contribution in [0.15, 0.2) is 78.5 Å². The molecule has 5 nitrogen and oxygen atoms in total. The van der Waals surface area contributed by atoms with E-state index < -0.39 is 0 Å². The number of aromatic nitrogens is 2. The highest BCUT2D eigenvalue weighted by molar-refractivity contribution is 5.88. The van der Waals surface area contributed by atoms with E-state index in [2.05, 4.69) is 9.97 Å². The van der Waals surface area contributed by atoms with Gasteiger partial charge in [-0.05, 0) is 47.7 Å². The first kappa shape index (κ1) is 15.1. The number of hydrogen-bond donors (Lipinski definition) is 0. The molecule has 1 aliphatic heterocycles. The molecular weight excluding hydrogens is 314 g/mol. The molecule has 0 atom stereocenters. The molecule has 0 saturated heterocycles. The van der Waals surface area contributed by atoms with E-state index in [4.69, 9.17) is 14.5 Å². The standard InChI is InChI=1S/C20H15N3O2/c1-2-6-18-15(5-1)9-12-24-10-3-4-11-25-16-7-8-19-17(13-16)20(23-18)22-14-21-19/h1-11,13-14H,12H2/b10-3-,11-4-,15-9-,23-18-. The number of benzene rings is 2. The summed E-state index contributed by atoms with van der Waals surface area (Å²) in [6.45, 7) is 0.449. The van der Waals surface area contributed by atoms with E-state index in [0.29, 0.717) is 18.2 Å². The van der Waals surface area contributed by atoms with Crippen LogP contribution in [0.25, 0.3) is 17.0 Å². The zero-order valence-electron chi connectivity index (χ0n) is 13.4. The van der Waals surface area contributed by atoms with Crippen molar-refractivity contribution in [1.29, 1.82) is 0 Å². The van der Waals surface area contributed by atoms with E-state index in [1.54, 1.807) is 24.7 Å². The molecule has 0 N–H and O–H groups in total. The highest BCUT2D eigenvalue weighted by atomic mass is 16.5. The highest BCUT2D eigenvalue weighted by Crippen LogP contribution is 2.25. The topological polar surface area (TPSA) is 56.6 Å². The summed E-state index contributed by atoms with van der Waals surface area (Å²) in [6, 6.07) is 13.5. The maximum absolute atomic E-state index is 5.62. The highest BCUT2D eigenvalue weighted by Gasteiger charge is 2.04. The summed E-state index contributed by atoms with van der Waals surface area (Å²) in [5.41, 5.74) is 0.819. The van der Waals surface area contributed by atoms with E-state index in [9.17, 15) is 0 Å². The first-order valence-corrected chi connectivity index (χ1v) is 7.89. The molecule has 0 unspecified atom stereocenters. The van der Waals surface area contributed by atoms with Crippen molar-refractivity contribution in [3.63, 3.8) is 0 Å². The number of allylic oxidation sites excluding steroid dienone is 2. The van der Waals surface area contributed by atoms with Crippen LogP contribution < -0.4 is 15.3 Å². The average Bonchev–Trinajstić information content (AvgIpc) is 2.65. The largest absolute Gasteiger partial charge is 0.497 e. The van der Waals surface area contributed by atoms with E-state index in [1.807, 2.05) is 48.5 Å². The molecule has 4 rings (SSSR count). The second-order valence-corrected chi connectivity index (χ2v) is 5.36. The maximum atomic E-state index is 5.62. The van der Waals surface area contributed by atoms with Crippen molar-refractivity contribution in [3.8, 4) is 5.75 Å². The predicted octanol–water partition coefficient (Wildman–Crippen LogP) is 2.80. The van der Waals surface area contributed by atoms with Gasteiger partial charge in [-0.1, -0.05) is 18.2 Å². The van der Waals surface area contributed by atoms with Gasteiger partial charge in [-0.3, -0.25) is 0 Å². The quantitative estimate of drug-likeness (QED) is 0.636. The molecule has 0 saturated carbocycles. The van der Waals surface area contributed by atoms with E-state index in [0.717, 1.165) is 21.5 Å². The van der Waals surface area contributed by atoms with Crippen LogP contribution >= 0.6 is 0 Å². The minimum Gasteiger partial charge on any atom is -0.497 e. The summed E-state index contributed by atoms with van der Waals surface area (Å²) in [5.74, 6) is 1.30. The molecule has 0 radical (unpaired) electrons. The second-order valence-electron chi connectivity index (χ2n) is 5.36. The lowest BCUT2D eigenvalue weighted by molar-refractivity contribution is 0.300. The van der Waals surface area contributed by atoms with E-state index >= 15 is 0 Å². The van der Waals surface area contributed by atoms with Crippen molar-refractivity contribution in [1.82, 2.24) is 9.97 Å². The van der Waals surface area contributed by atoms with Gasteiger partial charge in [0.05, 0.1) is 23.4 Å². The van der Waals surface area contributed by atoms with Crippen molar-refractivity contribution in [2.24, 2.45) is 4.99 Å². The predicted molar refractivity (Wildman–Crippen MR) is 95.7 cm³/mol. The summed E-state index contributed by atoms with van der Waals surface area (Å²) in [6.07, 6.45) is 10.3. The van der Waals surface area contributed by atoms with Crippen LogP contribution in [0.5, 0.6) is 5.75 Å². The van der Waals surface area contributed by atoms with Gasteiger partial charge >= 0.3 is 0 Å². The Balaban J connectivity index is 1.98. The zero-order chi connectivity index (χ0) is 16.9. The minimum absolute atomic E-state index is 0.449. The van der Waals surface area contributed by atoms with Crippen LogP contribution in [0, 0.1) is 0 Å². The van der Waals surface area contributed by atoms with Gasteiger partial charge in [0.1, 0.15) is 18.7 Å². The molecule has 1 aliphatic rings. The molecule has 0 spiro atoms. The third-order valence-corrected chi connectivity index (χ3v) is 3.72. The maximum Gasteiger partial charge on any atom is 0.163 e. The van der Waals surface area contributed by atoms with Crippen molar-refractivity contribution in [3.05, 3.63) is 84.0 Å². The summed E-state index contributed by atoms with van der Waals surface area (Å²) in [4.78, 5) is 13.4. The molecule has 2 heterocycles. The van der Waals surface area contributed by atoms with Gasteiger partial charge in [0, 0.05) is 5.39 Å². The lowest BCUT2D eigenvalue weighted by atomic mass is 10.2. The summed E-state index contributed by atoms with van der Waals surface area (Å²) >= 11 is 0. The van der Waals surface area contributed by atoms with Crippen molar-refractivity contribution < 1.29 is 9.47 Å².